The van der Waals surface area contributed by atoms with E-state index in [0.717, 1.165) is 0 Å². The van der Waals surface area contributed by atoms with E-state index in [9.17, 15) is 14.7 Å². The van der Waals surface area contributed by atoms with Gasteiger partial charge in [-0.3, -0.25) is 4.79 Å². The number of fused-ring (bicyclic) bond motifs is 3. The number of aromatic nitrogens is 1. The van der Waals surface area contributed by atoms with Crippen molar-refractivity contribution < 1.29 is 28.9 Å². The van der Waals surface area contributed by atoms with Crippen molar-refractivity contribution in [1.29, 1.82) is 5.26 Å². The minimum absolute atomic E-state index is 0.210. The molecule has 0 fully saturated rings. The molecule has 3 rings (SSSR count). The number of pyridine rings is 1. The van der Waals surface area contributed by atoms with Gasteiger partial charge in [-0.05, 0) is 39.0 Å². The van der Waals surface area contributed by atoms with Crippen molar-refractivity contribution in [1.82, 2.24) is 4.40 Å². The summed E-state index contributed by atoms with van der Waals surface area (Å²) in [5.41, 5.74) is 1.71. The van der Waals surface area contributed by atoms with Gasteiger partial charge >= 0.3 is 11.9 Å². The number of nitriles is 1. The first kappa shape index (κ1) is 21.0. The first-order chi connectivity index (χ1) is 14.4. The van der Waals surface area contributed by atoms with Gasteiger partial charge < -0.3 is 23.7 Å². The van der Waals surface area contributed by atoms with Gasteiger partial charge in [0.1, 0.15) is 12.2 Å². The molecule has 1 N–H and O–H groups in total. The van der Waals surface area contributed by atoms with Crippen LogP contribution in [0.25, 0.3) is 16.4 Å². The van der Waals surface area contributed by atoms with E-state index in [0.29, 0.717) is 22.0 Å². The Labute approximate surface area is 173 Å². The number of carboxylic acids is 1. The van der Waals surface area contributed by atoms with Crippen LogP contribution in [-0.2, 0) is 9.53 Å². The smallest absolute Gasteiger partial charge is 0.340 e. The molecule has 0 radical (unpaired) electrons. The van der Waals surface area contributed by atoms with Crippen LogP contribution in [0.3, 0.4) is 0 Å². The second-order valence-electron chi connectivity index (χ2n) is 6.76. The lowest BCUT2D eigenvalue weighted by Gasteiger charge is -2.20. The standard InChI is InChI=1S/C22H22N2O6/c1-4-28-22(27)20-15-11-19(30-14(3)13(2)21(25)26)18(29-10-8-23)12-17(15)24-9-6-5-7-16(20)24/h5-7,9,11-14H,4,10H2,1-3H3,(H,25,26). The summed E-state index contributed by atoms with van der Waals surface area (Å²) in [6.45, 7) is 4.93. The summed E-state index contributed by atoms with van der Waals surface area (Å²) in [5.74, 6) is -1.71. The van der Waals surface area contributed by atoms with E-state index >= 15 is 0 Å². The molecule has 3 aromatic rings. The minimum Gasteiger partial charge on any atom is -0.486 e. The molecule has 0 bridgehead atoms. The van der Waals surface area contributed by atoms with E-state index in [-0.39, 0.29) is 24.7 Å². The average molecular weight is 410 g/mol. The van der Waals surface area contributed by atoms with Gasteiger partial charge in [0.05, 0.1) is 29.1 Å². The Morgan fingerprint density at radius 1 is 1.20 bits per heavy atom. The lowest BCUT2D eigenvalue weighted by molar-refractivity contribution is -0.143. The highest BCUT2D eigenvalue weighted by molar-refractivity contribution is 6.12. The number of esters is 1. The van der Waals surface area contributed by atoms with Crippen LogP contribution in [-0.4, -0.2) is 40.8 Å². The van der Waals surface area contributed by atoms with Gasteiger partial charge in [-0.1, -0.05) is 6.07 Å². The summed E-state index contributed by atoms with van der Waals surface area (Å²) in [4.78, 5) is 24.0. The zero-order valence-corrected chi connectivity index (χ0v) is 16.9. The van der Waals surface area contributed by atoms with Crippen LogP contribution in [0.2, 0.25) is 0 Å². The summed E-state index contributed by atoms with van der Waals surface area (Å²) in [6.07, 6.45) is 1.14. The second-order valence-corrected chi connectivity index (χ2v) is 6.76. The molecule has 0 aliphatic rings. The monoisotopic (exact) mass is 410 g/mol. The van der Waals surface area contributed by atoms with E-state index in [1.165, 1.54) is 6.92 Å². The van der Waals surface area contributed by atoms with Gasteiger partial charge in [-0.25, -0.2) is 4.79 Å². The van der Waals surface area contributed by atoms with Gasteiger partial charge in [0.15, 0.2) is 18.1 Å². The Hall–Kier alpha value is -3.73. The predicted molar refractivity (Wildman–Crippen MR) is 109 cm³/mol. The number of carbonyl (C=O) groups excluding carboxylic acids is 1. The van der Waals surface area contributed by atoms with E-state index in [1.54, 1.807) is 32.0 Å². The van der Waals surface area contributed by atoms with E-state index in [1.807, 2.05) is 28.8 Å². The largest absolute Gasteiger partial charge is 0.486 e. The van der Waals surface area contributed by atoms with Crippen molar-refractivity contribution in [3.05, 3.63) is 42.1 Å². The molecule has 8 heteroatoms. The summed E-state index contributed by atoms with van der Waals surface area (Å²) in [7, 11) is 0. The third-order valence-corrected chi connectivity index (χ3v) is 4.89. The molecular weight excluding hydrogens is 388 g/mol. The first-order valence-electron chi connectivity index (χ1n) is 9.52. The van der Waals surface area contributed by atoms with Crippen LogP contribution in [0.1, 0.15) is 31.1 Å². The van der Waals surface area contributed by atoms with Crippen molar-refractivity contribution in [3.63, 3.8) is 0 Å². The highest BCUT2D eigenvalue weighted by Gasteiger charge is 2.25. The summed E-state index contributed by atoms with van der Waals surface area (Å²) >= 11 is 0. The second kappa shape index (κ2) is 8.74. The molecule has 2 atom stereocenters. The molecule has 2 heterocycles. The number of carboxylic acid groups (broad SMARTS) is 1. The van der Waals surface area contributed by atoms with Crippen LogP contribution < -0.4 is 9.47 Å². The number of ether oxygens (including phenoxy) is 3. The van der Waals surface area contributed by atoms with Crippen molar-refractivity contribution in [2.24, 2.45) is 5.92 Å². The molecule has 8 nitrogen and oxygen atoms in total. The lowest BCUT2D eigenvalue weighted by Crippen LogP contribution is -2.28. The Morgan fingerprint density at radius 2 is 1.97 bits per heavy atom. The number of hydrogen-bond donors (Lipinski definition) is 1. The topological polar surface area (TPSA) is 110 Å². The van der Waals surface area contributed by atoms with E-state index in [4.69, 9.17) is 19.5 Å². The summed E-state index contributed by atoms with van der Waals surface area (Å²) < 4.78 is 18.5. The number of hydrogen-bond acceptors (Lipinski definition) is 6. The van der Waals surface area contributed by atoms with Gasteiger partial charge in [-0.2, -0.15) is 5.26 Å². The highest BCUT2D eigenvalue weighted by atomic mass is 16.5. The number of carbonyl (C=O) groups is 2. The molecule has 0 saturated heterocycles. The third kappa shape index (κ3) is 3.87. The van der Waals surface area contributed by atoms with Gasteiger partial charge in [0.2, 0.25) is 0 Å². The lowest BCUT2D eigenvalue weighted by atomic mass is 10.1. The SMILES string of the molecule is CCOC(=O)c1c2cc(OC(C)C(C)C(=O)O)c(OCC#N)cc2n2ccccc12. The zero-order chi connectivity index (χ0) is 21.8. The first-order valence-corrected chi connectivity index (χ1v) is 9.52. The molecule has 1 aromatic carbocycles. The van der Waals surface area contributed by atoms with E-state index < -0.39 is 24.0 Å². The van der Waals surface area contributed by atoms with E-state index in [2.05, 4.69) is 0 Å². The fourth-order valence-electron chi connectivity index (χ4n) is 3.18. The Bertz CT molecular complexity index is 1140. The minimum atomic E-state index is -0.995. The molecule has 2 aromatic heterocycles. The molecule has 0 amide bonds. The number of rotatable bonds is 8. The molecule has 156 valence electrons. The maximum atomic E-state index is 12.7. The molecule has 0 spiro atoms. The fraction of sp³-hybridized carbons (Fsp3) is 0.318. The summed E-state index contributed by atoms with van der Waals surface area (Å²) in [6, 6.07) is 10.7. The van der Waals surface area contributed by atoms with Crippen LogP contribution in [0, 0.1) is 17.2 Å². The molecule has 0 saturated carbocycles. The molecular formula is C22H22N2O6. The number of aliphatic carboxylic acids is 1. The Kier molecular flexibility index (Phi) is 6.11. The van der Waals surface area contributed by atoms with Crippen LogP contribution in [0.5, 0.6) is 11.5 Å². The molecule has 0 aliphatic heterocycles. The highest BCUT2D eigenvalue weighted by Crippen LogP contribution is 2.38. The van der Waals surface area contributed by atoms with Crippen molar-refractivity contribution >= 4 is 28.4 Å². The summed E-state index contributed by atoms with van der Waals surface area (Å²) in [5, 5.41) is 18.8. The number of nitrogens with zero attached hydrogens (tertiary/aromatic N) is 2. The van der Waals surface area contributed by atoms with Crippen LogP contribution >= 0.6 is 0 Å². The maximum absolute atomic E-state index is 12.7. The quantitative estimate of drug-likeness (QED) is 0.564. The Morgan fingerprint density at radius 3 is 2.63 bits per heavy atom. The zero-order valence-electron chi connectivity index (χ0n) is 16.9. The van der Waals surface area contributed by atoms with Gasteiger partial charge in [-0.15, -0.1) is 0 Å². The number of benzene rings is 1. The Balaban J connectivity index is 2.23. The fourth-order valence-corrected chi connectivity index (χ4v) is 3.18. The normalized spacial score (nSPS) is 12.9. The predicted octanol–water partition coefficient (Wildman–Crippen LogP) is 3.66. The van der Waals surface area contributed by atoms with Crippen LogP contribution in [0.4, 0.5) is 0 Å². The van der Waals surface area contributed by atoms with Crippen molar-refractivity contribution in [2.75, 3.05) is 13.2 Å². The van der Waals surface area contributed by atoms with Crippen molar-refractivity contribution in [2.45, 2.75) is 26.9 Å². The molecule has 30 heavy (non-hydrogen) atoms. The van der Waals surface area contributed by atoms with Crippen molar-refractivity contribution in [3.8, 4) is 17.6 Å². The van der Waals surface area contributed by atoms with Gasteiger partial charge in [0.25, 0.3) is 0 Å². The molecule has 0 aliphatic carbocycles. The average Bonchev–Trinajstić information content (AvgIpc) is 3.04. The molecule has 2 unspecified atom stereocenters. The third-order valence-electron chi connectivity index (χ3n) is 4.89. The maximum Gasteiger partial charge on any atom is 0.340 e. The van der Waals surface area contributed by atoms with Gasteiger partial charge in [0, 0.05) is 17.6 Å². The van der Waals surface area contributed by atoms with Crippen LogP contribution in [0.15, 0.2) is 36.5 Å².